The Kier molecular flexibility index (Phi) is 8.31. The van der Waals surface area contributed by atoms with E-state index in [-0.39, 0.29) is 30.9 Å². The number of carbonyl (C=O) groups is 2. The van der Waals surface area contributed by atoms with Crippen LogP contribution in [-0.2, 0) is 19.1 Å². The van der Waals surface area contributed by atoms with E-state index in [2.05, 4.69) is 0 Å². The van der Waals surface area contributed by atoms with E-state index in [0.717, 1.165) is 25.7 Å². The average Bonchev–Trinajstić information content (AvgIpc) is 2.49. The van der Waals surface area contributed by atoms with Crippen molar-refractivity contribution in [2.24, 2.45) is 5.92 Å². The summed E-state index contributed by atoms with van der Waals surface area (Å²) in [6, 6.07) is 0. The number of rotatable bonds is 8. The molecule has 0 spiro atoms. The Labute approximate surface area is 122 Å². The zero-order valence-electron chi connectivity index (χ0n) is 12.9. The van der Waals surface area contributed by atoms with E-state index in [1.165, 1.54) is 19.3 Å². The summed E-state index contributed by atoms with van der Waals surface area (Å²) in [7, 11) is 0. The fourth-order valence-electron chi connectivity index (χ4n) is 2.54. The molecule has 20 heavy (non-hydrogen) atoms. The van der Waals surface area contributed by atoms with E-state index in [1.54, 1.807) is 0 Å². The zero-order valence-corrected chi connectivity index (χ0v) is 12.9. The molecule has 0 aromatic carbocycles. The molecular weight excluding hydrogens is 256 g/mol. The SMILES string of the molecule is CCC(CC)OC(=O)CCC(=O)OCC1CCCCC1. The number of hydrogen-bond acceptors (Lipinski definition) is 4. The normalized spacial score (nSPS) is 16.1. The molecule has 0 aromatic heterocycles. The smallest absolute Gasteiger partial charge is 0.306 e. The van der Waals surface area contributed by atoms with E-state index < -0.39 is 0 Å². The predicted molar refractivity (Wildman–Crippen MR) is 77.2 cm³/mol. The molecule has 116 valence electrons. The average molecular weight is 284 g/mol. The highest BCUT2D eigenvalue weighted by atomic mass is 16.5. The van der Waals surface area contributed by atoms with Crippen molar-refractivity contribution in [1.29, 1.82) is 0 Å². The first-order valence-electron chi connectivity index (χ1n) is 8.00. The molecule has 4 heteroatoms. The van der Waals surface area contributed by atoms with Crippen LogP contribution in [0.15, 0.2) is 0 Å². The summed E-state index contributed by atoms with van der Waals surface area (Å²) >= 11 is 0. The van der Waals surface area contributed by atoms with Crippen molar-refractivity contribution in [1.82, 2.24) is 0 Å². The molecule has 0 radical (unpaired) electrons. The van der Waals surface area contributed by atoms with Gasteiger partial charge in [0.2, 0.25) is 0 Å². The van der Waals surface area contributed by atoms with Crippen LogP contribution in [0.1, 0.15) is 71.6 Å². The summed E-state index contributed by atoms with van der Waals surface area (Å²) in [6.45, 7) is 4.49. The van der Waals surface area contributed by atoms with Crippen LogP contribution < -0.4 is 0 Å². The fraction of sp³-hybridized carbons (Fsp3) is 0.875. The third-order valence-electron chi connectivity index (χ3n) is 3.95. The summed E-state index contributed by atoms with van der Waals surface area (Å²) in [5.74, 6) is -0.0606. The highest BCUT2D eigenvalue weighted by Crippen LogP contribution is 2.23. The summed E-state index contributed by atoms with van der Waals surface area (Å²) in [6.07, 6.45) is 7.95. The minimum Gasteiger partial charge on any atom is -0.465 e. The predicted octanol–water partition coefficient (Wildman–Crippen LogP) is 3.62. The molecule has 0 bridgehead atoms. The maximum Gasteiger partial charge on any atom is 0.306 e. The van der Waals surface area contributed by atoms with Crippen molar-refractivity contribution in [3.8, 4) is 0 Å². The largest absolute Gasteiger partial charge is 0.465 e. The van der Waals surface area contributed by atoms with Gasteiger partial charge in [0.1, 0.15) is 6.10 Å². The van der Waals surface area contributed by atoms with Crippen LogP contribution in [0.4, 0.5) is 0 Å². The lowest BCUT2D eigenvalue weighted by Gasteiger charge is -2.21. The number of hydrogen-bond donors (Lipinski definition) is 0. The third-order valence-corrected chi connectivity index (χ3v) is 3.95. The second-order valence-corrected chi connectivity index (χ2v) is 5.62. The summed E-state index contributed by atoms with van der Waals surface area (Å²) in [5, 5.41) is 0. The summed E-state index contributed by atoms with van der Waals surface area (Å²) < 4.78 is 10.5. The lowest BCUT2D eigenvalue weighted by Crippen LogP contribution is -2.19. The van der Waals surface area contributed by atoms with E-state index in [1.807, 2.05) is 13.8 Å². The van der Waals surface area contributed by atoms with Crippen LogP contribution in [0.2, 0.25) is 0 Å². The van der Waals surface area contributed by atoms with Gasteiger partial charge in [-0.05, 0) is 31.6 Å². The molecule has 0 atom stereocenters. The van der Waals surface area contributed by atoms with Gasteiger partial charge in [-0.15, -0.1) is 0 Å². The van der Waals surface area contributed by atoms with Gasteiger partial charge in [0.15, 0.2) is 0 Å². The number of carbonyl (C=O) groups excluding carboxylic acids is 2. The molecule has 0 aromatic rings. The van der Waals surface area contributed by atoms with Crippen LogP contribution in [0.3, 0.4) is 0 Å². The first-order valence-corrected chi connectivity index (χ1v) is 8.00. The van der Waals surface area contributed by atoms with Gasteiger partial charge in [0, 0.05) is 0 Å². The van der Waals surface area contributed by atoms with Crippen LogP contribution in [0, 0.1) is 5.92 Å². The molecular formula is C16H28O4. The van der Waals surface area contributed by atoms with E-state index in [4.69, 9.17) is 9.47 Å². The molecule has 0 saturated heterocycles. The molecule has 0 aliphatic heterocycles. The van der Waals surface area contributed by atoms with Crippen molar-refractivity contribution in [3.05, 3.63) is 0 Å². The Morgan fingerprint density at radius 3 is 2.20 bits per heavy atom. The Bertz CT molecular complexity index is 291. The minimum atomic E-state index is -0.298. The molecule has 0 amide bonds. The molecule has 0 heterocycles. The molecule has 1 saturated carbocycles. The first kappa shape index (κ1) is 17.0. The Morgan fingerprint density at radius 1 is 1.00 bits per heavy atom. The second-order valence-electron chi connectivity index (χ2n) is 5.62. The van der Waals surface area contributed by atoms with Gasteiger partial charge in [-0.25, -0.2) is 0 Å². The standard InChI is InChI=1S/C16H28O4/c1-3-14(4-2)20-16(18)11-10-15(17)19-12-13-8-6-5-7-9-13/h13-14H,3-12H2,1-2H3. The number of esters is 2. The lowest BCUT2D eigenvalue weighted by atomic mass is 9.90. The number of ether oxygens (including phenoxy) is 2. The third kappa shape index (κ3) is 6.92. The van der Waals surface area contributed by atoms with Gasteiger partial charge in [0.05, 0.1) is 19.4 Å². The van der Waals surface area contributed by atoms with Crippen molar-refractivity contribution in [3.63, 3.8) is 0 Å². The van der Waals surface area contributed by atoms with Gasteiger partial charge in [-0.1, -0.05) is 33.1 Å². The maximum absolute atomic E-state index is 11.6. The van der Waals surface area contributed by atoms with E-state index in [0.29, 0.717) is 12.5 Å². The van der Waals surface area contributed by atoms with Gasteiger partial charge in [-0.2, -0.15) is 0 Å². The van der Waals surface area contributed by atoms with Gasteiger partial charge < -0.3 is 9.47 Å². The highest BCUT2D eigenvalue weighted by Gasteiger charge is 2.17. The van der Waals surface area contributed by atoms with Crippen LogP contribution in [0.25, 0.3) is 0 Å². The Balaban J connectivity index is 2.11. The van der Waals surface area contributed by atoms with Crippen LogP contribution in [-0.4, -0.2) is 24.6 Å². The Morgan fingerprint density at radius 2 is 1.60 bits per heavy atom. The zero-order chi connectivity index (χ0) is 14.8. The van der Waals surface area contributed by atoms with Gasteiger partial charge >= 0.3 is 11.9 Å². The maximum atomic E-state index is 11.6. The Hall–Kier alpha value is -1.06. The molecule has 4 nitrogen and oxygen atoms in total. The molecule has 0 N–H and O–H groups in total. The minimum absolute atomic E-state index is 0.0271. The van der Waals surface area contributed by atoms with Crippen molar-refractivity contribution >= 4 is 11.9 Å². The van der Waals surface area contributed by atoms with Crippen molar-refractivity contribution in [2.45, 2.75) is 77.7 Å². The molecule has 1 fully saturated rings. The van der Waals surface area contributed by atoms with E-state index in [9.17, 15) is 9.59 Å². The summed E-state index contributed by atoms with van der Waals surface area (Å²) in [4.78, 5) is 23.1. The molecule has 0 unspecified atom stereocenters. The molecule has 1 rings (SSSR count). The van der Waals surface area contributed by atoms with Crippen molar-refractivity contribution in [2.75, 3.05) is 6.61 Å². The quantitative estimate of drug-likeness (QED) is 0.639. The highest BCUT2D eigenvalue weighted by molar-refractivity contribution is 5.77. The van der Waals surface area contributed by atoms with Crippen LogP contribution >= 0.6 is 0 Å². The molecule has 1 aliphatic carbocycles. The second kappa shape index (κ2) is 9.78. The summed E-state index contributed by atoms with van der Waals surface area (Å²) in [5.41, 5.74) is 0. The van der Waals surface area contributed by atoms with Crippen LogP contribution in [0.5, 0.6) is 0 Å². The van der Waals surface area contributed by atoms with Gasteiger partial charge in [0.25, 0.3) is 0 Å². The van der Waals surface area contributed by atoms with Gasteiger partial charge in [-0.3, -0.25) is 9.59 Å². The van der Waals surface area contributed by atoms with E-state index >= 15 is 0 Å². The monoisotopic (exact) mass is 284 g/mol. The lowest BCUT2D eigenvalue weighted by molar-refractivity contribution is -0.154. The van der Waals surface area contributed by atoms with Crippen molar-refractivity contribution < 1.29 is 19.1 Å². The molecule has 1 aliphatic rings. The first-order chi connectivity index (χ1) is 9.65. The fourth-order valence-corrected chi connectivity index (χ4v) is 2.54. The topological polar surface area (TPSA) is 52.6 Å².